The minimum atomic E-state index is -1.59. The predicted octanol–water partition coefficient (Wildman–Crippen LogP) is -2.91. The third kappa shape index (κ3) is 9.41. The monoisotopic (exact) mass is 449 g/mol. The third-order valence-corrected chi connectivity index (χ3v) is 4.83. The molecule has 0 spiro atoms. The number of nitrogens with one attached hydrogen (secondary N) is 3. The Balaban J connectivity index is 5.49. The van der Waals surface area contributed by atoms with E-state index in [1.54, 1.807) is 13.8 Å². The van der Waals surface area contributed by atoms with E-state index in [-0.39, 0.29) is 24.5 Å². The van der Waals surface area contributed by atoms with Crippen molar-refractivity contribution in [1.82, 2.24) is 16.0 Å². The first kappa shape index (κ1) is 27.6. The minimum Gasteiger partial charge on any atom is -0.480 e. The van der Waals surface area contributed by atoms with Crippen molar-refractivity contribution in [1.29, 1.82) is 0 Å². The number of carbonyl (C=O) groups is 5. The molecule has 5 unspecified atom stereocenters. The SMILES string of the molecule is CCC(C)C(NC(=O)C(N)CS)C(=O)NC(CCC(N)=O)C(=O)NC(CO)C(=O)O. The fourth-order valence-corrected chi connectivity index (χ4v) is 2.49. The Labute approximate surface area is 179 Å². The summed E-state index contributed by atoms with van der Waals surface area (Å²) < 4.78 is 0. The molecule has 172 valence electrons. The molecular formula is C17H31N5O7S. The van der Waals surface area contributed by atoms with E-state index in [1.807, 2.05) is 0 Å². The van der Waals surface area contributed by atoms with E-state index in [4.69, 9.17) is 21.7 Å². The maximum Gasteiger partial charge on any atom is 0.328 e. The number of aliphatic carboxylic acids is 1. The van der Waals surface area contributed by atoms with Crippen LogP contribution in [0, 0.1) is 5.92 Å². The predicted molar refractivity (Wildman–Crippen MR) is 110 cm³/mol. The number of rotatable bonds is 14. The van der Waals surface area contributed by atoms with Gasteiger partial charge in [0.05, 0.1) is 12.6 Å². The number of carboxylic acids is 1. The third-order valence-electron chi connectivity index (χ3n) is 4.44. The van der Waals surface area contributed by atoms with Crippen molar-refractivity contribution < 1.29 is 34.2 Å². The number of thiol groups is 1. The molecule has 9 N–H and O–H groups in total. The molecule has 0 fully saturated rings. The quantitative estimate of drug-likeness (QED) is 0.128. The van der Waals surface area contributed by atoms with E-state index >= 15 is 0 Å². The smallest absolute Gasteiger partial charge is 0.328 e. The lowest BCUT2D eigenvalue weighted by Crippen LogP contribution is -2.59. The first-order valence-corrected chi connectivity index (χ1v) is 10.0. The zero-order valence-electron chi connectivity index (χ0n) is 17.0. The Bertz CT molecular complexity index is 634. The molecule has 0 radical (unpaired) electrons. The second-order valence-corrected chi connectivity index (χ2v) is 7.17. The second-order valence-electron chi connectivity index (χ2n) is 6.81. The summed E-state index contributed by atoms with van der Waals surface area (Å²) >= 11 is 3.94. The average molecular weight is 450 g/mol. The van der Waals surface area contributed by atoms with Gasteiger partial charge in [-0.1, -0.05) is 20.3 Å². The first-order valence-electron chi connectivity index (χ1n) is 9.37. The lowest BCUT2D eigenvalue weighted by atomic mass is 9.97. The van der Waals surface area contributed by atoms with Crippen LogP contribution in [0.4, 0.5) is 0 Å². The summed E-state index contributed by atoms with van der Waals surface area (Å²) in [6, 6.07) is -4.89. The lowest BCUT2D eigenvalue weighted by molar-refractivity contribution is -0.143. The van der Waals surface area contributed by atoms with E-state index in [0.29, 0.717) is 6.42 Å². The summed E-state index contributed by atoms with van der Waals surface area (Å²) in [6.45, 7) is 2.64. The average Bonchev–Trinajstić information content (AvgIpc) is 2.70. The molecular weight excluding hydrogens is 418 g/mol. The highest BCUT2D eigenvalue weighted by Crippen LogP contribution is 2.10. The molecule has 0 saturated carbocycles. The molecule has 0 aromatic carbocycles. The van der Waals surface area contributed by atoms with Crippen LogP contribution in [-0.2, 0) is 24.0 Å². The van der Waals surface area contributed by atoms with E-state index in [9.17, 15) is 24.0 Å². The Morgan fingerprint density at radius 3 is 2.00 bits per heavy atom. The Kier molecular flexibility index (Phi) is 12.7. The van der Waals surface area contributed by atoms with Gasteiger partial charge in [-0.25, -0.2) is 4.79 Å². The molecule has 0 heterocycles. The van der Waals surface area contributed by atoms with Crippen LogP contribution in [0.5, 0.6) is 0 Å². The Hall–Kier alpha value is -2.38. The first-order chi connectivity index (χ1) is 14.0. The number of hydrogen-bond donors (Lipinski definition) is 8. The number of aliphatic hydroxyl groups is 1. The lowest BCUT2D eigenvalue weighted by Gasteiger charge is -2.27. The molecule has 0 aliphatic heterocycles. The maximum absolute atomic E-state index is 12.8. The highest BCUT2D eigenvalue weighted by molar-refractivity contribution is 7.80. The van der Waals surface area contributed by atoms with Gasteiger partial charge in [0, 0.05) is 12.2 Å². The maximum atomic E-state index is 12.8. The molecule has 0 bridgehead atoms. The minimum absolute atomic E-state index is 0.0576. The van der Waals surface area contributed by atoms with Crippen molar-refractivity contribution in [2.75, 3.05) is 12.4 Å². The van der Waals surface area contributed by atoms with E-state index in [1.165, 1.54) is 0 Å². The number of nitrogens with two attached hydrogens (primary N) is 2. The van der Waals surface area contributed by atoms with Crippen LogP contribution in [0.25, 0.3) is 0 Å². The second kappa shape index (κ2) is 13.8. The van der Waals surface area contributed by atoms with Crippen LogP contribution in [-0.4, -0.2) is 76.3 Å². The van der Waals surface area contributed by atoms with Gasteiger partial charge >= 0.3 is 5.97 Å². The van der Waals surface area contributed by atoms with Gasteiger partial charge in [-0.15, -0.1) is 0 Å². The van der Waals surface area contributed by atoms with Gasteiger partial charge in [0.2, 0.25) is 23.6 Å². The van der Waals surface area contributed by atoms with Crippen molar-refractivity contribution in [3.63, 3.8) is 0 Å². The van der Waals surface area contributed by atoms with E-state index in [2.05, 4.69) is 28.6 Å². The number of carboxylic acid groups (broad SMARTS) is 1. The van der Waals surface area contributed by atoms with Gasteiger partial charge in [0.15, 0.2) is 0 Å². The van der Waals surface area contributed by atoms with Gasteiger partial charge < -0.3 is 37.6 Å². The van der Waals surface area contributed by atoms with Gasteiger partial charge in [0.1, 0.15) is 18.1 Å². The standard InChI is InChI=1S/C17H31N5O7S/c1-3-8(2)13(22-14(25)9(18)7-30)16(27)20-10(4-5-12(19)24)15(26)21-11(6-23)17(28)29/h8-11,13,23,30H,3-7,18H2,1-2H3,(H2,19,24)(H,20,27)(H,21,26)(H,22,25)(H,28,29). The molecule has 0 aliphatic rings. The normalized spacial score (nSPS) is 15.8. The summed E-state index contributed by atoms with van der Waals surface area (Å²) in [7, 11) is 0. The topological polar surface area (TPSA) is 214 Å². The largest absolute Gasteiger partial charge is 0.480 e. The molecule has 12 nitrogen and oxygen atoms in total. The van der Waals surface area contributed by atoms with Crippen LogP contribution < -0.4 is 27.4 Å². The van der Waals surface area contributed by atoms with E-state index in [0.717, 1.165) is 0 Å². The molecule has 30 heavy (non-hydrogen) atoms. The van der Waals surface area contributed by atoms with Crippen molar-refractivity contribution in [3.8, 4) is 0 Å². The number of aliphatic hydroxyl groups excluding tert-OH is 1. The fraction of sp³-hybridized carbons (Fsp3) is 0.706. The number of carbonyl (C=O) groups excluding carboxylic acids is 4. The fourth-order valence-electron chi connectivity index (χ4n) is 2.32. The van der Waals surface area contributed by atoms with Crippen LogP contribution in [0.1, 0.15) is 33.1 Å². The van der Waals surface area contributed by atoms with Gasteiger partial charge in [-0.05, 0) is 12.3 Å². The molecule has 0 rings (SSSR count). The Morgan fingerprint density at radius 2 is 1.57 bits per heavy atom. The summed E-state index contributed by atoms with van der Waals surface area (Å²) in [5, 5.41) is 25.0. The summed E-state index contributed by atoms with van der Waals surface area (Å²) in [6.07, 6.45) is 0.0420. The molecule has 4 amide bonds. The van der Waals surface area contributed by atoms with Crippen molar-refractivity contribution in [3.05, 3.63) is 0 Å². The number of hydrogen-bond acceptors (Lipinski definition) is 8. The molecule has 13 heteroatoms. The summed E-state index contributed by atoms with van der Waals surface area (Å²) in [5.41, 5.74) is 10.7. The molecule has 0 aromatic rings. The van der Waals surface area contributed by atoms with Gasteiger partial charge in [0.25, 0.3) is 0 Å². The summed E-state index contributed by atoms with van der Waals surface area (Å²) in [4.78, 5) is 59.5. The Morgan fingerprint density at radius 1 is 1.00 bits per heavy atom. The molecule has 0 aromatic heterocycles. The van der Waals surface area contributed by atoms with Gasteiger partial charge in [-0.3, -0.25) is 19.2 Å². The molecule has 5 atom stereocenters. The van der Waals surface area contributed by atoms with Crippen LogP contribution in [0.15, 0.2) is 0 Å². The zero-order valence-corrected chi connectivity index (χ0v) is 17.9. The van der Waals surface area contributed by atoms with E-state index < -0.39 is 60.4 Å². The van der Waals surface area contributed by atoms with Crippen molar-refractivity contribution in [2.24, 2.45) is 17.4 Å². The van der Waals surface area contributed by atoms with Gasteiger partial charge in [-0.2, -0.15) is 12.6 Å². The highest BCUT2D eigenvalue weighted by Gasteiger charge is 2.32. The van der Waals surface area contributed by atoms with Crippen molar-refractivity contribution in [2.45, 2.75) is 57.3 Å². The summed E-state index contributed by atoms with van der Waals surface area (Å²) in [5.74, 6) is -4.72. The number of amides is 4. The zero-order chi connectivity index (χ0) is 23.4. The van der Waals surface area contributed by atoms with Crippen LogP contribution in [0.2, 0.25) is 0 Å². The van der Waals surface area contributed by atoms with Crippen molar-refractivity contribution >= 4 is 42.2 Å². The van der Waals surface area contributed by atoms with Crippen LogP contribution >= 0.6 is 12.6 Å². The number of primary amides is 1. The highest BCUT2D eigenvalue weighted by atomic mass is 32.1. The molecule has 0 aliphatic carbocycles. The molecule has 0 saturated heterocycles. The van der Waals surface area contributed by atoms with Crippen LogP contribution in [0.3, 0.4) is 0 Å².